The number of nitrogens with zero attached hydrogens (tertiary/aromatic N) is 3. The van der Waals surface area contributed by atoms with Crippen LogP contribution in [0.25, 0.3) is 5.69 Å². The fourth-order valence-electron chi connectivity index (χ4n) is 3.39. The summed E-state index contributed by atoms with van der Waals surface area (Å²) in [6.45, 7) is 1.59. The van der Waals surface area contributed by atoms with Crippen molar-refractivity contribution in [1.29, 1.82) is 0 Å². The predicted octanol–water partition coefficient (Wildman–Crippen LogP) is 2.19. The van der Waals surface area contributed by atoms with E-state index in [2.05, 4.69) is 5.10 Å². The molecule has 1 saturated carbocycles. The average molecular weight is 344 g/mol. The third kappa shape index (κ3) is 3.40. The molecule has 1 fully saturated rings. The van der Waals surface area contributed by atoms with Crippen molar-refractivity contribution >= 4 is 11.8 Å². The molecule has 25 heavy (non-hydrogen) atoms. The van der Waals surface area contributed by atoms with Gasteiger partial charge in [0.05, 0.1) is 24.0 Å². The number of primary amides is 1. The molecule has 7 heteroatoms. The van der Waals surface area contributed by atoms with Gasteiger partial charge in [-0.05, 0) is 31.9 Å². The molecule has 0 unspecified atom stereocenters. The molecule has 0 aliphatic heterocycles. The Bertz CT molecular complexity index is 796. The van der Waals surface area contributed by atoms with Gasteiger partial charge in [-0.25, -0.2) is 9.07 Å². The maximum absolute atomic E-state index is 14.0. The van der Waals surface area contributed by atoms with Crippen LogP contribution in [0.4, 0.5) is 4.39 Å². The Balaban J connectivity index is 1.93. The minimum atomic E-state index is -0.542. The Morgan fingerprint density at radius 3 is 2.64 bits per heavy atom. The molecule has 0 radical (unpaired) electrons. The maximum atomic E-state index is 14.0. The summed E-state index contributed by atoms with van der Waals surface area (Å²) in [5, 5.41) is 4.17. The number of hydrogen-bond donors (Lipinski definition) is 1. The molecule has 1 heterocycles. The molecule has 1 aromatic carbocycles. The molecule has 0 saturated heterocycles. The Hall–Kier alpha value is -2.70. The van der Waals surface area contributed by atoms with Crippen molar-refractivity contribution in [2.24, 2.45) is 5.73 Å². The van der Waals surface area contributed by atoms with Gasteiger partial charge >= 0.3 is 0 Å². The van der Waals surface area contributed by atoms with Gasteiger partial charge in [-0.3, -0.25) is 9.59 Å². The van der Waals surface area contributed by atoms with Crippen molar-refractivity contribution in [3.63, 3.8) is 0 Å². The highest BCUT2D eigenvalue weighted by atomic mass is 19.1. The highest BCUT2D eigenvalue weighted by Gasteiger charge is 2.30. The minimum Gasteiger partial charge on any atom is -0.368 e. The third-order valence-corrected chi connectivity index (χ3v) is 4.67. The van der Waals surface area contributed by atoms with Crippen LogP contribution in [0.1, 0.15) is 41.7 Å². The van der Waals surface area contributed by atoms with Crippen molar-refractivity contribution in [2.75, 3.05) is 6.54 Å². The molecule has 3 rings (SSSR count). The molecular formula is C18H21FN4O2. The Morgan fingerprint density at radius 2 is 2.00 bits per heavy atom. The zero-order valence-corrected chi connectivity index (χ0v) is 14.1. The number of hydrogen-bond acceptors (Lipinski definition) is 3. The van der Waals surface area contributed by atoms with Gasteiger partial charge in [-0.2, -0.15) is 5.10 Å². The first kappa shape index (κ1) is 17.1. The number of para-hydroxylation sites is 1. The highest BCUT2D eigenvalue weighted by molar-refractivity contribution is 5.97. The zero-order valence-electron chi connectivity index (χ0n) is 14.1. The zero-order chi connectivity index (χ0) is 18.0. The second kappa shape index (κ2) is 7.04. The molecule has 132 valence electrons. The van der Waals surface area contributed by atoms with Gasteiger partial charge in [0.2, 0.25) is 5.91 Å². The SMILES string of the molecule is Cc1c(C(=O)N(CC(N)=O)C2CCCC2)cnn1-c1ccccc1F. The van der Waals surface area contributed by atoms with E-state index in [0.717, 1.165) is 25.7 Å². The lowest BCUT2D eigenvalue weighted by molar-refractivity contribution is -0.119. The topological polar surface area (TPSA) is 81.2 Å². The summed E-state index contributed by atoms with van der Waals surface area (Å²) >= 11 is 0. The van der Waals surface area contributed by atoms with Gasteiger partial charge in [0.1, 0.15) is 11.5 Å². The quantitative estimate of drug-likeness (QED) is 0.903. The second-order valence-corrected chi connectivity index (χ2v) is 6.34. The van der Waals surface area contributed by atoms with E-state index in [4.69, 9.17) is 5.73 Å². The number of halogens is 1. The van der Waals surface area contributed by atoms with Crippen LogP contribution in [0.5, 0.6) is 0 Å². The summed E-state index contributed by atoms with van der Waals surface area (Å²) in [5.74, 6) is -1.25. The van der Waals surface area contributed by atoms with Gasteiger partial charge in [-0.1, -0.05) is 25.0 Å². The standard InChI is InChI=1S/C18H21FN4O2/c1-12-14(10-21-23(12)16-9-5-4-8-15(16)19)18(25)22(11-17(20)24)13-6-2-3-7-13/h4-5,8-10,13H,2-3,6-7,11H2,1H3,(H2,20,24). The molecule has 0 atom stereocenters. The second-order valence-electron chi connectivity index (χ2n) is 6.34. The molecular weight excluding hydrogens is 323 g/mol. The molecule has 2 N–H and O–H groups in total. The van der Waals surface area contributed by atoms with Crippen LogP contribution < -0.4 is 5.73 Å². The largest absolute Gasteiger partial charge is 0.368 e. The minimum absolute atomic E-state index is 0.0104. The van der Waals surface area contributed by atoms with Crippen LogP contribution in [-0.2, 0) is 4.79 Å². The van der Waals surface area contributed by atoms with Gasteiger partial charge in [0.25, 0.3) is 5.91 Å². The number of aromatic nitrogens is 2. The number of rotatable bonds is 5. The van der Waals surface area contributed by atoms with E-state index < -0.39 is 11.7 Å². The normalized spacial score (nSPS) is 14.6. The van der Waals surface area contributed by atoms with Crippen LogP contribution in [0.3, 0.4) is 0 Å². The Labute approximate surface area is 145 Å². The summed E-state index contributed by atoms with van der Waals surface area (Å²) in [5.41, 5.74) is 6.49. The molecule has 1 aliphatic carbocycles. The number of carbonyl (C=O) groups is 2. The molecule has 0 bridgehead atoms. The van der Waals surface area contributed by atoms with Crippen molar-refractivity contribution in [3.05, 3.63) is 47.5 Å². The average Bonchev–Trinajstić information content (AvgIpc) is 3.22. The van der Waals surface area contributed by atoms with Crippen molar-refractivity contribution in [2.45, 2.75) is 38.6 Å². The fourth-order valence-corrected chi connectivity index (χ4v) is 3.39. The van der Waals surface area contributed by atoms with E-state index in [-0.39, 0.29) is 24.2 Å². The highest BCUT2D eigenvalue weighted by Crippen LogP contribution is 2.26. The van der Waals surface area contributed by atoms with Crippen LogP contribution in [0, 0.1) is 12.7 Å². The van der Waals surface area contributed by atoms with Crippen molar-refractivity contribution in [1.82, 2.24) is 14.7 Å². The number of benzene rings is 1. The first-order chi connectivity index (χ1) is 12.0. The summed E-state index contributed by atoms with van der Waals surface area (Å²) in [6.07, 6.45) is 5.20. The summed E-state index contributed by atoms with van der Waals surface area (Å²) in [6, 6.07) is 6.26. The van der Waals surface area contributed by atoms with Crippen LogP contribution in [0.15, 0.2) is 30.5 Å². The molecule has 1 aliphatic rings. The van der Waals surface area contributed by atoms with Crippen LogP contribution in [0.2, 0.25) is 0 Å². The predicted molar refractivity (Wildman–Crippen MR) is 90.7 cm³/mol. The number of carbonyl (C=O) groups excluding carboxylic acids is 2. The Morgan fingerprint density at radius 1 is 1.32 bits per heavy atom. The molecule has 2 aromatic rings. The van der Waals surface area contributed by atoms with Crippen molar-refractivity contribution < 1.29 is 14.0 Å². The van der Waals surface area contributed by atoms with Gasteiger partial charge in [-0.15, -0.1) is 0 Å². The van der Waals surface area contributed by atoms with E-state index >= 15 is 0 Å². The summed E-state index contributed by atoms with van der Waals surface area (Å²) in [4.78, 5) is 25.9. The number of nitrogens with two attached hydrogens (primary N) is 1. The molecule has 0 spiro atoms. The fraction of sp³-hybridized carbons (Fsp3) is 0.389. The van der Waals surface area contributed by atoms with Crippen molar-refractivity contribution in [3.8, 4) is 5.69 Å². The van der Waals surface area contributed by atoms with Crippen LogP contribution in [-0.4, -0.2) is 39.1 Å². The Kier molecular flexibility index (Phi) is 4.83. The monoisotopic (exact) mass is 344 g/mol. The number of amides is 2. The summed E-state index contributed by atoms with van der Waals surface area (Å²) < 4.78 is 15.4. The first-order valence-corrected chi connectivity index (χ1v) is 8.38. The molecule has 1 aromatic heterocycles. The van der Waals surface area contributed by atoms with Gasteiger partial charge < -0.3 is 10.6 Å². The summed E-state index contributed by atoms with van der Waals surface area (Å²) in [7, 11) is 0. The van der Waals surface area contributed by atoms with Gasteiger partial charge in [0, 0.05) is 6.04 Å². The third-order valence-electron chi connectivity index (χ3n) is 4.67. The first-order valence-electron chi connectivity index (χ1n) is 8.38. The maximum Gasteiger partial charge on any atom is 0.258 e. The molecule has 2 amide bonds. The smallest absolute Gasteiger partial charge is 0.258 e. The van der Waals surface area contributed by atoms with E-state index in [1.165, 1.54) is 21.8 Å². The molecule has 6 nitrogen and oxygen atoms in total. The van der Waals surface area contributed by atoms with E-state index in [9.17, 15) is 14.0 Å². The van der Waals surface area contributed by atoms with E-state index in [1.54, 1.807) is 25.1 Å². The van der Waals surface area contributed by atoms with Gasteiger partial charge in [0.15, 0.2) is 0 Å². The van der Waals surface area contributed by atoms with E-state index in [0.29, 0.717) is 11.3 Å². The van der Waals surface area contributed by atoms with E-state index in [1.807, 2.05) is 0 Å². The lowest BCUT2D eigenvalue weighted by Crippen LogP contribution is -2.44. The van der Waals surface area contributed by atoms with Crippen LogP contribution >= 0.6 is 0 Å². The lowest BCUT2D eigenvalue weighted by atomic mass is 10.1. The lowest BCUT2D eigenvalue weighted by Gasteiger charge is -2.27.